The molecule has 1 aromatic rings. The first kappa shape index (κ1) is 15.5. The SMILES string of the molecule is CCNCC(Cc1cc(F)ccc1Cl)C(C)(C)C. The molecule has 18 heavy (non-hydrogen) atoms. The number of rotatable bonds is 5. The standard InChI is InChI=1S/C15H23ClFN/c1-5-18-10-12(15(2,3)4)8-11-9-13(17)6-7-14(11)16/h6-7,9,12,18H,5,8,10H2,1-4H3. The molecule has 0 heterocycles. The molecular weight excluding hydrogens is 249 g/mol. The molecule has 3 heteroatoms. The van der Waals surface area contributed by atoms with Gasteiger partial charge in [0, 0.05) is 5.02 Å². The highest BCUT2D eigenvalue weighted by Gasteiger charge is 2.25. The lowest BCUT2D eigenvalue weighted by Gasteiger charge is -2.31. The first-order valence-electron chi connectivity index (χ1n) is 6.49. The molecule has 0 aliphatic rings. The maximum atomic E-state index is 13.3. The molecule has 0 aromatic heterocycles. The Morgan fingerprint density at radius 2 is 2.00 bits per heavy atom. The zero-order valence-electron chi connectivity index (χ0n) is 11.7. The van der Waals surface area contributed by atoms with Crippen LogP contribution >= 0.6 is 11.6 Å². The lowest BCUT2D eigenvalue weighted by molar-refractivity contribution is 0.232. The predicted molar refractivity (Wildman–Crippen MR) is 76.6 cm³/mol. The Hall–Kier alpha value is -0.600. The van der Waals surface area contributed by atoms with Crippen molar-refractivity contribution in [1.29, 1.82) is 0 Å². The molecule has 0 saturated carbocycles. The molecule has 1 unspecified atom stereocenters. The van der Waals surface area contributed by atoms with Crippen LogP contribution in [0.3, 0.4) is 0 Å². The van der Waals surface area contributed by atoms with Crippen molar-refractivity contribution in [3.05, 3.63) is 34.6 Å². The molecule has 0 fully saturated rings. The summed E-state index contributed by atoms with van der Waals surface area (Å²) >= 11 is 6.14. The average Bonchev–Trinajstić information content (AvgIpc) is 2.27. The Kier molecular flexibility index (Phi) is 5.61. The molecule has 1 atom stereocenters. The van der Waals surface area contributed by atoms with Crippen LogP contribution in [0, 0.1) is 17.2 Å². The molecule has 1 nitrogen and oxygen atoms in total. The molecule has 1 rings (SSSR count). The van der Waals surface area contributed by atoms with E-state index in [2.05, 4.69) is 33.0 Å². The maximum Gasteiger partial charge on any atom is 0.123 e. The fourth-order valence-electron chi connectivity index (χ4n) is 1.97. The number of halogens is 2. The zero-order chi connectivity index (χ0) is 13.8. The van der Waals surface area contributed by atoms with Crippen LogP contribution in [0.4, 0.5) is 4.39 Å². The number of hydrogen-bond donors (Lipinski definition) is 1. The van der Waals surface area contributed by atoms with Gasteiger partial charge in [-0.3, -0.25) is 0 Å². The third-order valence-corrected chi connectivity index (χ3v) is 3.71. The van der Waals surface area contributed by atoms with Gasteiger partial charge in [0.2, 0.25) is 0 Å². The summed E-state index contributed by atoms with van der Waals surface area (Å²) in [5.41, 5.74) is 1.06. The van der Waals surface area contributed by atoms with Crippen LogP contribution in [0.1, 0.15) is 33.3 Å². The summed E-state index contributed by atoms with van der Waals surface area (Å²) in [4.78, 5) is 0. The Labute approximate surface area is 115 Å². The van der Waals surface area contributed by atoms with E-state index in [1.54, 1.807) is 12.1 Å². The topological polar surface area (TPSA) is 12.0 Å². The third kappa shape index (κ3) is 4.58. The lowest BCUT2D eigenvalue weighted by Crippen LogP contribution is -2.33. The van der Waals surface area contributed by atoms with Crippen LogP contribution in [-0.2, 0) is 6.42 Å². The van der Waals surface area contributed by atoms with E-state index in [0.717, 1.165) is 25.1 Å². The van der Waals surface area contributed by atoms with Gasteiger partial charge >= 0.3 is 0 Å². The second-order valence-corrected chi connectivity index (χ2v) is 6.22. The first-order valence-corrected chi connectivity index (χ1v) is 6.87. The van der Waals surface area contributed by atoms with Crippen molar-refractivity contribution in [1.82, 2.24) is 5.32 Å². The molecule has 0 aliphatic carbocycles. The number of hydrogen-bond acceptors (Lipinski definition) is 1. The quantitative estimate of drug-likeness (QED) is 0.842. The summed E-state index contributed by atoms with van der Waals surface area (Å²) < 4.78 is 13.3. The summed E-state index contributed by atoms with van der Waals surface area (Å²) in [6, 6.07) is 4.59. The van der Waals surface area contributed by atoms with Crippen molar-refractivity contribution in [3.63, 3.8) is 0 Å². The van der Waals surface area contributed by atoms with Crippen LogP contribution in [0.5, 0.6) is 0 Å². The van der Waals surface area contributed by atoms with Crippen LogP contribution in [-0.4, -0.2) is 13.1 Å². The molecule has 0 radical (unpaired) electrons. The summed E-state index contributed by atoms with van der Waals surface area (Å²) in [5, 5.41) is 4.03. The van der Waals surface area contributed by atoms with Gasteiger partial charge in [-0.1, -0.05) is 39.3 Å². The molecule has 0 amide bonds. The van der Waals surface area contributed by atoms with Crippen molar-refractivity contribution >= 4 is 11.6 Å². The van der Waals surface area contributed by atoms with Gasteiger partial charge in [0.25, 0.3) is 0 Å². The third-order valence-electron chi connectivity index (χ3n) is 3.34. The minimum atomic E-state index is -0.217. The van der Waals surface area contributed by atoms with Gasteiger partial charge in [0.15, 0.2) is 0 Å². The highest BCUT2D eigenvalue weighted by Crippen LogP contribution is 2.31. The minimum absolute atomic E-state index is 0.165. The average molecular weight is 272 g/mol. The zero-order valence-corrected chi connectivity index (χ0v) is 12.4. The van der Waals surface area contributed by atoms with E-state index in [-0.39, 0.29) is 11.2 Å². The maximum absolute atomic E-state index is 13.3. The largest absolute Gasteiger partial charge is 0.317 e. The molecular formula is C15H23ClFN. The lowest BCUT2D eigenvalue weighted by atomic mass is 9.77. The highest BCUT2D eigenvalue weighted by molar-refractivity contribution is 6.31. The van der Waals surface area contributed by atoms with E-state index in [9.17, 15) is 4.39 Å². The Morgan fingerprint density at radius 3 is 2.56 bits per heavy atom. The molecule has 0 bridgehead atoms. The van der Waals surface area contributed by atoms with Crippen LogP contribution < -0.4 is 5.32 Å². The van der Waals surface area contributed by atoms with E-state index in [1.807, 2.05) is 0 Å². The van der Waals surface area contributed by atoms with Gasteiger partial charge in [-0.25, -0.2) is 4.39 Å². The molecule has 0 spiro atoms. The van der Waals surface area contributed by atoms with Crippen molar-refractivity contribution in [2.45, 2.75) is 34.1 Å². The minimum Gasteiger partial charge on any atom is -0.317 e. The monoisotopic (exact) mass is 271 g/mol. The Balaban J connectivity index is 2.85. The summed E-state index contributed by atoms with van der Waals surface area (Å²) in [5.74, 6) is 0.210. The van der Waals surface area contributed by atoms with Gasteiger partial charge in [-0.15, -0.1) is 0 Å². The van der Waals surface area contributed by atoms with E-state index >= 15 is 0 Å². The molecule has 0 saturated heterocycles. The van der Waals surface area contributed by atoms with Crippen molar-refractivity contribution in [2.75, 3.05) is 13.1 Å². The normalized spacial score (nSPS) is 13.7. The van der Waals surface area contributed by atoms with Crippen molar-refractivity contribution in [2.24, 2.45) is 11.3 Å². The molecule has 1 N–H and O–H groups in total. The summed E-state index contributed by atoms with van der Waals surface area (Å²) in [6.45, 7) is 10.6. The van der Waals surface area contributed by atoms with E-state index < -0.39 is 0 Å². The van der Waals surface area contributed by atoms with Gasteiger partial charge in [-0.2, -0.15) is 0 Å². The van der Waals surface area contributed by atoms with Crippen molar-refractivity contribution < 1.29 is 4.39 Å². The van der Waals surface area contributed by atoms with Crippen LogP contribution in [0.15, 0.2) is 18.2 Å². The second kappa shape index (κ2) is 6.53. The van der Waals surface area contributed by atoms with Crippen LogP contribution in [0.2, 0.25) is 5.02 Å². The summed E-state index contributed by atoms with van der Waals surface area (Å²) in [7, 11) is 0. The fraction of sp³-hybridized carbons (Fsp3) is 0.600. The summed E-state index contributed by atoms with van der Waals surface area (Å²) in [6.07, 6.45) is 0.799. The van der Waals surface area contributed by atoms with Gasteiger partial charge < -0.3 is 5.32 Å². The molecule has 102 valence electrons. The van der Waals surface area contributed by atoms with Crippen LogP contribution in [0.25, 0.3) is 0 Å². The van der Waals surface area contributed by atoms with E-state index in [4.69, 9.17) is 11.6 Å². The Bertz CT molecular complexity index is 385. The van der Waals surface area contributed by atoms with E-state index in [0.29, 0.717) is 10.9 Å². The van der Waals surface area contributed by atoms with Crippen molar-refractivity contribution in [3.8, 4) is 0 Å². The van der Waals surface area contributed by atoms with Gasteiger partial charge in [0.05, 0.1) is 0 Å². The highest BCUT2D eigenvalue weighted by atomic mass is 35.5. The Morgan fingerprint density at radius 1 is 1.33 bits per heavy atom. The first-order chi connectivity index (χ1) is 8.34. The van der Waals surface area contributed by atoms with E-state index in [1.165, 1.54) is 6.07 Å². The number of nitrogens with one attached hydrogen (secondary N) is 1. The molecule has 0 aliphatic heterocycles. The second-order valence-electron chi connectivity index (χ2n) is 5.81. The smallest absolute Gasteiger partial charge is 0.123 e. The van der Waals surface area contributed by atoms with Gasteiger partial charge in [-0.05, 0) is 54.6 Å². The number of benzene rings is 1. The fourth-order valence-corrected chi connectivity index (χ4v) is 2.16. The predicted octanol–water partition coefficient (Wildman–Crippen LogP) is 4.29. The molecule has 1 aromatic carbocycles. The van der Waals surface area contributed by atoms with Gasteiger partial charge in [0.1, 0.15) is 5.82 Å².